The van der Waals surface area contributed by atoms with Gasteiger partial charge in [0.25, 0.3) is 0 Å². The Bertz CT molecular complexity index is 1240. The van der Waals surface area contributed by atoms with E-state index in [-0.39, 0.29) is 24.9 Å². The maximum Gasteiger partial charge on any atom is 0.306 e. The Morgan fingerprint density at radius 1 is 0.484 bits per heavy atom. The van der Waals surface area contributed by atoms with Gasteiger partial charge in [-0.3, -0.25) is 9.59 Å². The van der Waals surface area contributed by atoms with Crippen LogP contribution in [0.5, 0.6) is 0 Å². The van der Waals surface area contributed by atoms with Crippen LogP contribution in [-0.2, 0) is 14.3 Å². The molecule has 0 radical (unpaired) electrons. The Morgan fingerprint density at radius 2 is 0.871 bits per heavy atom. The maximum atomic E-state index is 13.2. The fraction of sp³-hybridized carbons (Fsp3) is 0.679. The van der Waals surface area contributed by atoms with Gasteiger partial charge in [-0.25, -0.2) is 0 Å². The summed E-state index contributed by atoms with van der Waals surface area (Å²) in [4.78, 5) is 26.1. The molecule has 0 spiro atoms. The van der Waals surface area contributed by atoms with Gasteiger partial charge in [0.1, 0.15) is 6.10 Å². The maximum absolute atomic E-state index is 13.2. The van der Waals surface area contributed by atoms with Gasteiger partial charge in [-0.15, -0.1) is 0 Å². The highest BCUT2D eigenvalue weighted by atomic mass is 16.5. The number of hydrogen-bond acceptors (Lipinski definition) is 5. The van der Waals surface area contributed by atoms with E-state index in [1.54, 1.807) is 0 Å². The number of allylic oxidation sites excluding steroid dienone is 16. The summed E-state index contributed by atoms with van der Waals surface area (Å²) in [6.07, 6.45) is 64.7. The number of ether oxygens (including phenoxy) is 1. The molecule has 6 heteroatoms. The number of rotatable bonds is 44. The summed E-state index contributed by atoms with van der Waals surface area (Å²) >= 11 is 0. The van der Waals surface area contributed by atoms with Gasteiger partial charge in [-0.2, -0.15) is 0 Å². The molecule has 0 heterocycles. The lowest BCUT2D eigenvalue weighted by molar-refractivity contribution is -0.151. The molecule has 3 N–H and O–H groups in total. The third-order valence-electron chi connectivity index (χ3n) is 10.9. The molecular weight excluding hydrogens is 767 g/mol. The van der Waals surface area contributed by atoms with Crippen LogP contribution in [0.15, 0.2) is 97.2 Å². The SMILES string of the molecule is CC/C=C\C/C=C\C/C=C\C/C=C\C/C=C\CCCCCC(=O)OC(CCCC/C=C/C/C=C/C/C=C/CC)CC(=O)NC(CO)C(O)CCCCCCCCCCCCCC. The van der Waals surface area contributed by atoms with Gasteiger partial charge in [0, 0.05) is 6.42 Å². The fourth-order valence-corrected chi connectivity index (χ4v) is 7.12. The van der Waals surface area contributed by atoms with E-state index in [9.17, 15) is 19.8 Å². The van der Waals surface area contributed by atoms with E-state index < -0.39 is 18.2 Å². The number of aliphatic hydroxyl groups is 2. The van der Waals surface area contributed by atoms with Crippen molar-refractivity contribution in [3.05, 3.63) is 97.2 Å². The van der Waals surface area contributed by atoms with E-state index in [0.29, 0.717) is 19.3 Å². The Labute approximate surface area is 382 Å². The highest BCUT2D eigenvalue weighted by Crippen LogP contribution is 2.16. The Morgan fingerprint density at radius 3 is 1.32 bits per heavy atom. The first-order valence-corrected chi connectivity index (χ1v) is 25.5. The molecule has 0 aliphatic carbocycles. The Hall–Kier alpha value is -3.22. The second-order valence-corrected chi connectivity index (χ2v) is 16.8. The van der Waals surface area contributed by atoms with E-state index in [0.717, 1.165) is 116 Å². The largest absolute Gasteiger partial charge is 0.462 e. The van der Waals surface area contributed by atoms with E-state index in [2.05, 4.69) is 123 Å². The van der Waals surface area contributed by atoms with Gasteiger partial charge in [-0.05, 0) is 103 Å². The van der Waals surface area contributed by atoms with Crippen LogP contribution >= 0.6 is 0 Å². The van der Waals surface area contributed by atoms with Gasteiger partial charge in [0.15, 0.2) is 0 Å². The van der Waals surface area contributed by atoms with Gasteiger partial charge in [-0.1, -0.05) is 201 Å². The first-order chi connectivity index (χ1) is 30.5. The van der Waals surface area contributed by atoms with Crippen molar-refractivity contribution in [2.45, 2.75) is 238 Å². The minimum atomic E-state index is -0.808. The topological polar surface area (TPSA) is 95.9 Å². The van der Waals surface area contributed by atoms with Crippen LogP contribution in [0.3, 0.4) is 0 Å². The standard InChI is InChI=1S/C56H95NO5/c1-4-7-10-13-16-19-22-25-26-27-28-29-30-31-34-37-40-43-46-49-56(61)62-52(47-44-41-38-35-32-23-20-17-14-11-8-5-2)50-55(60)57-53(51-58)54(59)48-45-42-39-36-33-24-21-18-15-12-9-6-3/h7-8,10-11,16-17,19-20,25-26,28-29,31-32,34-35,52-54,58-59H,4-6,9,12-15,18,21-24,27,30,33,36-51H2,1-3H3,(H,57,60)/b10-7-,11-8+,19-16-,20-17+,26-25-,29-28-,34-31-,35-32+. The fourth-order valence-electron chi connectivity index (χ4n) is 7.12. The second-order valence-electron chi connectivity index (χ2n) is 16.8. The van der Waals surface area contributed by atoms with Crippen molar-refractivity contribution < 1.29 is 24.5 Å². The van der Waals surface area contributed by atoms with Gasteiger partial charge >= 0.3 is 5.97 Å². The zero-order valence-electron chi connectivity index (χ0n) is 40.2. The molecule has 0 aromatic heterocycles. The first-order valence-electron chi connectivity index (χ1n) is 25.5. The van der Waals surface area contributed by atoms with Crippen LogP contribution in [0.1, 0.15) is 220 Å². The quantitative estimate of drug-likeness (QED) is 0.0322. The minimum absolute atomic E-state index is 0.0325. The predicted molar refractivity (Wildman–Crippen MR) is 268 cm³/mol. The molecule has 1 amide bonds. The number of hydrogen-bond donors (Lipinski definition) is 3. The third kappa shape index (κ3) is 43.4. The first kappa shape index (κ1) is 58.8. The van der Waals surface area contributed by atoms with Crippen LogP contribution < -0.4 is 5.32 Å². The van der Waals surface area contributed by atoms with Gasteiger partial charge in [0.05, 0.1) is 25.2 Å². The van der Waals surface area contributed by atoms with Gasteiger partial charge < -0.3 is 20.3 Å². The zero-order valence-corrected chi connectivity index (χ0v) is 40.2. The normalized spacial score (nSPS) is 14.1. The van der Waals surface area contributed by atoms with Crippen molar-refractivity contribution in [3.63, 3.8) is 0 Å². The molecule has 0 saturated carbocycles. The summed E-state index contributed by atoms with van der Waals surface area (Å²) in [5.41, 5.74) is 0. The lowest BCUT2D eigenvalue weighted by Crippen LogP contribution is -2.46. The highest BCUT2D eigenvalue weighted by molar-refractivity contribution is 5.77. The van der Waals surface area contributed by atoms with Crippen LogP contribution in [-0.4, -0.2) is 46.9 Å². The molecule has 354 valence electrons. The molecule has 6 nitrogen and oxygen atoms in total. The van der Waals surface area contributed by atoms with Crippen LogP contribution in [0.2, 0.25) is 0 Å². The van der Waals surface area contributed by atoms with Crippen molar-refractivity contribution >= 4 is 11.9 Å². The van der Waals surface area contributed by atoms with Crippen molar-refractivity contribution in [2.75, 3.05) is 6.61 Å². The molecule has 0 aromatic carbocycles. The third-order valence-corrected chi connectivity index (χ3v) is 10.9. The summed E-state index contributed by atoms with van der Waals surface area (Å²) < 4.78 is 5.89. The van der Waals surface area contributed by atoms with E-state index in [1.165, 1.54) is 57.8 Å². The van der Waals surface area contributed by atoms with Crippen molar-refractivity contribution in [1.82, 2.24) is 5.32 Å². The summed E-state index contributed by atoms with van der Waals surface area (Å²) in [7, 11) is 0. The molecule has 0 bridgehead atoms. The summed E-state index contributed by atoms with van der Waals surface area (Å²) in [6, 6.07) is -0.726. The number of carbonyl (C=O) groups is 2. The van der Waals surface area contributed by atoms with Crippen molar-refractivity contribution in [1.29, 1.82) is 0 Å². The number of carbonyl (C=O) groups excluding carboxylic acids is 2. The molecular formula is C56H95NO5. The molecule has 0 fully saturated rings. The molecule has 0 saturated heterocycles. The summed E-state index contributed by atoms with van der Waals surface area (Å²) in [6.45, 7) is 6.22. The average molecular weight is 862 g/mol. The van der Waals surface area contributed by atoms with E-state index >= 15 is 0 Å². The van der Waals surface area contributed by atoms with Crippen LogP contribution in [0.25, 0.3) is 0 Å². The molecule has 0 aliphatic heterocycles. The van der Waals surface area contributed by atoms with E-state index in [1.807, 2.05) is 0 Å². The van der Waals surface area contributed by atoms with Crippen molar-refractivity contribution in [3.8, 4) is 0 Å². The lowest BCUT2D eigenvalue weighted by atomic mass is 10.0. The van der Waals surface area contributed by atoms with Gasteiger partial charge in [0.2, 0.25) is 5.91 Å². The molecule has 62 heavy (non-hydrogen) atoms. The zero-order chi connectivity index (χ0) is 45.2. The summed E-state index contributed by atoms with van der Waals surface area (Å²) in [5, 5.41) is 23.7. The monoisotopic (exact) mass is 862 g/mol. The Kier molecular flexibility index (Phi) is 46.3. The molecule has 0 aliphatic rings. The van der Waals surface area contributed by atoms with E-state index in [4.69, 9.17) is 4.74 Å². The van der Waals surface area contributed by atoms with Crippen molar-refractivity contribution in [2.24, 2.45) is 0 Å². The summed E-state index contributed by atoms with van der Waals surface area (Å²) in [5.74, 6) is -0.558. The molecule has 0 aromatic rings. The minimum Gasteiger partial charge on any atom is -0.462 e. The Balaban J connectivity index is 4.67. The number of amides is 1. The molecule has 3 atom stereocenters. The number of esters is 1. The smallest absolute Gasteiger partial charge is 0.306 e. The number of unbranched alkanes of at least 4 members (excludes halogenated alkanes) is 16. The molecule has 0 rings (SSSR count). The second kappa shape index (κ2) is 48.8. The lowest BCUT2D eigenvalue weighted by Gasteiger charge is -2.24. The van der Waals surface area contributed by atoms with Crippen LogP contribution in [0.4, 0.5) is 0 Å². The predicted octanol–water partition coefficient (Wildman–Crippen LogP) is 15.3. The molecule has 3 unspecified atom stereocenters. The number of aliphatic hydroxyl groups excluding tert-OH is 2. The average Bonchev–Trinajstić information content (AvgIpc) is 3.26. The number of nitrogens with one attached hydrogen (secondary N) is 1. The highest BCUT2D eigenvalue weighted by Gasteiger charge is 2.24. The van der Waals surface area contributed by atoms with Crippen LogP contribution in [0, 0.1) is 0 Å².